The molecule has 5 nitrogen and oxygen atoms in total. The zero-order valence-electron chi connectivity index (χ0n) is 11.8. The molecule has 0 bridgehead atoms. The molecule has 0 spiro atoms. The SMILES string of the molecule is O=C(CCC1CCC[N]C1)N1CCN(CCO)CC1. The van der Waals surface area contributed by atoms with Gasteiger partial charge in [-0.05, 0) is 25.2 Å². The van der Waals surface area contributed by atoms with Crippen LogP contribution in [0.5, 0.6) is 0 Å². The number of amides is 1. The Hall–Kier alpha value is -0.650. The summed E-state index contributed by atoms with van der Waals surface area (Å²) in [5.74, 6) is 0.933. The van der Waals surface area contributed by atoms with E-state index in [1.54, 1.807) is 0 Å². The quantitative estimate of drug-likeness (QED) is 0.758. The minimum absolute atomic E-state index is 0.207. The highest BCUT2D eigenvalue weighted by atomic mass is 16.3. The van der Waals surface area contributed by atoms with Crippen molar-refractivity contribution in [3.8, 4) is 0 Å². The fourth-order valence-electron chi connectivity index (χ4n) is 2.94. The summed E-state index contributed by atoms with van der Waals surface area (Å²) in [6.07, 6.45) is 4.11. The van der Waals surface area contributed by atoms with Crippen molar-refractivity contribution in [3.63, 3.8) is 0 Å². The standard InChI is InChI=1S/C14H26N3O2/c18-11-10-16-6-8-17(9-7-16)14(19)4-3-13-2-1-5-15-12-13/h13,18H,1-12H2. The predicted octanol–water partition coefficient (Wildman–Crippen LogP) is -0.0825. The molecule has 109 valence electrons. The summed E-state index contributed by atoms with van der Waals surface area (Å²) in [4.78, 5) is 16.3. The Morgan fingerprint density at radius 2 is 2.05 bits per heavy atom. The van der Waals surface area contributed by atoms with Crippen molar-refractivity contribution >= 4 is 5.91 Å². The fraction of sp³-hybridized carbons (Fsp3) is 0.929. The molecular formula is C14H26N3O2. The molecule has 2 saturated heterocycles. The van der Waals surface area contributed by atoms with Gasteiger partial charge in [0.1, 0.15) is 0 Å². The second kappa shape index (κ2) is 7.82. The van der Waals surface area contributed by atoms with Gasteiger partial charge in [0.05, 0.1) is 6.61 Å². The van der Waals surface area contributed by atoms with Gasteiger partial charge in [0.2, 0.25) is 5.91 Å². The van der Waals surface area contributed by atoms with Crippen molar-refractivity contribution in [2.45, 2.75) is 25.7 Å². The fourth-order valence-corrected chi connectivity index (χ4v) is 2.94. The van der Waals surface area contributed by atoms with E-state index in [1.807, 2.05) is 4.90 Å². The van der Waals surface area contributed by atoms with Gasteiger partial charge in [0.15, 0.2) is 0 Å². The topological polar surface area (TPSA) is 57.9 Å². The predicted molar refractivity (Wildman–Crippen MR) is 73.9 cm³/mol. The molecule has 1 radical (unpaired) electrons. The summed E-state index contributed by atoms with van der Waals surface area (Å²) in [5.41, 5.74) is 0. The number of piperazine rings is 1. The number of nitrogens with zero attached hydrogens (tertiary/aromatic N) is 3. The van der Waals surface area contributed by atoms with Crippen molar-refractivity contribution in [2.24, 2.45) is 5.92 Å². The lowest BCUT2D eigenvalue weighted by atomic mass is 9.94. The first-order chi connectivity index (χ1) is 9.29. The highest BCUT2D eigenvalue weighted by Gasteiger charge is 2.22. The molecule has 2 heterocycles. The molecular weight excluding hydrogens is 242 g/mol. The zero-order chi connectivity index (χ0) is 13.5. The Bertz CT molecular complexity index is 272. The lowest BCUT2D eigenvalue weighted by molar-refractivity contribution is -0.133. The van der Waals surface area contributed by atoms with E-state index in [-0.39, 0.29) is 6.61 Å². The van der Waals surface area contributed by atoms with Gasteiger partial charge in [-0.25, -0.2) is 5.32 Å². The zero-order valence-corrected chi connectivity index (χ0v) is 11.8. The van der Waals surface area contributed by atoms with Crippen LogP contribution in [-0.2, 0) is 4.79 Å². The number of β-amino-alcohol motifs (C(OH)–C–C–N with tert-alkyl or cyclic N) is 1. The third-order valence-electron chi connectivity index (χ3n) is 4.22. The van der Waals surface area contributed by atoms with Crippen LogP contribution in [0.15, 0.2) is 0 Å². The molecule has 0 aromatic rings. The molecule has 1 N–H and O–H groups in total. The summed E-state index contributed by atoms with van der Waals surface area (Å²) < 4.78 is 0. The normalized spacial score (nSPS) is 25.5. The number of aliphatic hydroxyl groups is 1. The van der Waals surface area contributed by atoms with Crippen molar-refractivity contribution in [3.05, 3.63) is 0 Å². The lowest BCUT2D eigenvalue weighted by Gasteiger charge is -2.34. The van der Waals surface area contributed by atoms with Crippen LogP contribution in [0.4, 0.5) is 0 Å². The van der Waals surface area contributed by atoms with Crippen LogP contribution in [-0.4, -0.2) is 73.2 Å². The first-order valence-electron chi connectivity index (χ1n) is 7.54. The van der Waals surface area contributed by atoms with Gasteiger partial charge in [-0.15, -0.1) is 0 Å². The molecule has 2 fully saturated rings. The van der Waals surface area contributed by atoms with Crippen LogP contribution >= 0.6 is 0 Å². The molecule has 0 aliphatic carbocycles. The third-order valence-corrected chi connectivity index (χ3v) is 4.22. The van der Waals surface area contributed by atoms with E-state index in [1.165, 1.54) is 12.8 Å². The molecule has 0 aromatic carbocycles. The van der Waals surface area contributed by atoms with Crippen molar-refractivity contribution in [1.29, 1.82) is 0 Å². The van der Waals surface area contributed by atoms with E-state index in [0.717, 1.165) is 52.2 Å². The second-order valence-electron chi connectivity index (χ2n) is 5.62. The summed E-state index contributed by atoms with van der Waals surface area (Å²) in [7, 11) is 0. The molecule has 1 atom stereocenters. The Morgan fingerprint density at radius 1 is 1.26 bits per heavy atom. The Balaban J connectivity index is 1.63. The highest BCUT2D eigenvalue weighted by molar-refractivity contribution is 5.76. The van der Waals surface area contributed by atoms with Crippen LogP contribution in [0.1, 0.15) is 25.7 Å². The minimum Gasteiger partial charge on any atom is -0.395 e. The van der Waals surface area contributed by atoms with E-state index in [9.17, 15) is 4.79 Å². The third kappa shape index (κ3) is 4.75. The number of piperidine rings is 1. The smallest absolute Gasteiger partial charge is 0.222 e. The molecule has 1 unspecified atom stereocenters. The van der Waals surface area contributed by atoms with Crippen molar-refractivity contribution in [1.82, 2.24) is 15.1 Å². The van der Waals surface area contributed by atoms with Gasteiger partial charge >= 0.3 is 0 Å². The van der Waals surface area contributed by atoms with Gasteiger partial charge in [-0.3, -0.25) is 9.69 Å². The summed E-state index contributed by atoms with van der Waals surface area (Å²) in [6.45, 7) is 6.32. The first kappa shape index (κ1) is 14.8. The van der Waals surface area contributed by atoms with Gasteiger partial charge in [-0.1, -0.05) is 0 Å². The molecule has 1 amide bonds. The monoisotopic (exact) mass is 268 g/mol. The van der Waals surface area contributed by atoms with E-state index in [2.05, 4.69) is 10.2 Å². The van der Waals surface area contributed by atoms with Gasteiger partial charge in [0, 0.05) is 52.2 Å². The molecule has 2 rings (SSSR count). The second-order valence-corrected chi connectivity index (χ2v) is 5.62. The highest BCUT2D eigenvalue weighted by Crippen LogP contribution is 2.17. The largest absolute Gasteiger partial charge is 0.395 e. The van der Waals surface area contributed by atoms with E-state index < -0.39 is 0 Å². The van der Waals surface area contributed by atoms with Crippen molar-refractivity contribution < 1.29 is 9.90 Å². The van der Waals surface area contributed by atoms with E-state index in [0.29, 0.717) is 18.2 Å². The number of hydrogen-bond donors (Lipinski definition) is 1. The Morgan fingerprint density at radius 3 is 2.68 bits per heavy atom. The van der Waals surface area contributed by atoms with E-state index in [4.69, 9.17) is 5.11 Å². The van der Waals surface area contributed by atoms with Crippen LogP contribution in [0, 0.1) is 5.92 Å². The number of carbonyl (C=O) groups is 1. The van der Waals surface area contributed by atoms with Gasteiger partial charge in [0.25, 0.3) is 0 Å². The van der Waals surface area contributed by atoms with E-state index >= 15 is 0 Å². The lowest BCUT2D eigenvalue weighted by Crippen LogP contribution is -2.49. The molecule has 19 heavy (non-hydrogen) atoms. The van der Waals surface area contributed by atoms with Crippen LogP contribution in [0.2, 0.25) is 0 Å². The van der Waals surface area contributed by atoms with Crippen LogP contribution in [0.3, 0.4) is 0 Å². The number of hydrogen-bond acceptors (Lipinski definition) is 3. The number of rotatable bonds is 5. The molecule has 2 aliphatic rings. The van der Waals surface area contributed by atoms with Gasteiger partial charge in [-0.2, -0.15) is 0 Å². The van der Waals surface area contributed by atoms with Crippen molar-refractivity contribution in [2.75, 3.05) is 52.4 Å². The number of aliphatic hydroxyl groups excluding tert-OH is 1. The average Bonchev–Trinajstić information content (AvgIpc) is 2.47. The Labute approximate surface area is 115 Å². The number of carbonyl (C=O) groups excluding carboxylic acids is 1. The summed E-state index contributed by atoms with van der Waals surface area (Å²) in [5, 5.41) is 13.3. The first-order valence-corrected chi connectivity index (χ1v) is 7.54. The summed E-state index contributed by atoms with van der Waals surface area (Å²) >= 11 is 0. The molecule has 0 aromatic heterocycles. The summed E-state index contributed by atoms with van der Waals surface area (Å²) in [6, 6.07) is 0. The minimum atomic E-state index is 0.207. The molecule has 5 heteroatoms. The molecule has 0 saturated carbocycles. The maximum atomic E-state index is 12.1. The van der Waals surface area contributed by atoms with Crippen LogP contribution < -0.4 is 5.32 Å². The van der Waals surface area contributed by atoms with Crippen LogP contribution in [0.25, 0.3) is 0 Å². The maximum Gasteiger partial charge on any atom is 0.222 e. The molecule has 2 aliphatic heterocycles. The van der Waals surface area contributed by atoms with Gasteiger partial charge < -0.3 is 10.0 Å². The average molecular weight is 268 g/mol. The Kier molecular flexibility index (Phi) is 6.07. The maximum absolute atomic E-state index is 12.1.